The lowest BCUT2D eigenvalue weighted by Gasteiger charge is -2.12. The molecule has 1 unspecified atom stereocenters. The van der Waals surface area contributed by atoms with E-state index in [1.165, 1.54) is 13.2 Å². The fourth-order valence-corrected chi connectivity index (χ4v) is 1.77. The van der Waals surface area contributed by atoms with Gasteiger partial charge in [0.25, 0.3) is 0 Å². The molecule has 1 atom stereocenters. The van der Waals surface area contributed by atoms with Gasteiger partial charge in [-0.2, -0.15) is 0 Å². The van der Waals surface area contributed by atoms with Gasteiger partial charge in [0.15, 0.2) is 5.75 Å². The molecule has 0 spiro atoms. The summed E-state index contributed by atoms with van der Waals surface area (Å²) in [6, 6.07) is 4.61. The van der Waals surface area contributed by atoms with Gasteiger partial charge in [-0.3, -0.25) is 10.1 Å². The Balaban J connectivity index is 2.22. The molecule has 1 saturated heterocycles. The van der Waals surface area contributed by atoms with E-state index in [9.17, 15) is 10.1 Å². The predicted octanol–water partition coefficient (Wildman–Crippen LogP) is 1.34. The first kappa shape index (κ1) is 11.7. The molecule has 6 heteroatoms. The molecule has 17 heavy (non-hydrogen) atoms. The van der Waals surface area contributed by atoms with Crippen molar-refractivity contribution >= 4 is 5.69 Å². The lowest BCUT2D eigenvalue weighted by molar-refractivity contribution is -0.386. The first-order valence-electron chi connectivity index (χ1n) is 5.40. The topological polar surface area (TPSA) is 73.6 Å². The van der Waals surface area contributed by atoms with Crippen molar-refractivity contribution in [3.8, 4) is 11.5 Å². The molecule has 0 saturated carbocycles. The van der Waals surface area contributed by atoms with Gasteiger partial charge in [-0.15, -0.1) is 0 Å². The summed E-state index contributed by atoms with van der Waals surface area (Å²) < 4.78 is 10.6. The number of nitrogens with zero attached hydrogens (tertiary/aromatic N) is 1. The minimum absolute atomic E-state index is 0.00194. The van der Waals surface area contributed by atoms with Crippen LogP contribution in [0.5, 0.6) is 11.5 Å². The Morgan fingerprint density at radius 3 is 2.94 bits per heavy atom. The van der Waals surface area contributed by atoms with Gasteiger partial charge >= 0.3 is 5.69 Å². The van der Waals surface area contributed by atoms with Crippen LogP contribution >= 0.6 is 0 Å². The SMILES string of the molecule is COc1ccc(OC2CCNC2)c([N+](=O)[O-])c1. The second kappa shape index (κ2) is 5.01. The van der Waals surface area contributed by atoms with Gasteiger partial charge in [0.1, 0.15) is 11.9 Å². The highest BCUT2D eigenvalue weighted by Crippen LogP contribution is 2.32. The Morgan fingerprint density at radius 2 is 2.35 bits per heavy atom. The summed E-state index contributed by atoms with van der Waals surface area (Å²) in [6.45, 7) is 1.61. The van der Waals surface area contributed by atoms with E-state index in [2.05, 4.69) is 5.32 Å². The van der Waals surface area contributed by atoms with E-state index in [4.69, 9.17) is 9.47 Å². The highest BCUT2D eigenvalue weighted by molar-refractivity contribution is 5.51. The summed E-state index contributed by atoms with van der Waals surface area (Å²) in [4.78, 5) is 10.5. The Hall–Kier alpha value is -1.82. The maximum atomic E-state index is 10.9. The van der Waals surface area contributed by atoms with Crippen molar-refractivity contribution in [3.05, 3.63) is 28.3 Å². The maximum absolute atomic E-state index is 10.9. The van der Waals surface area contributed by atoms with E-state index in [1.54, 1.807) is 12.1 Å². The van der Waals surface area contributed by atoms with Gasteiger partial charge in [-0.05, 0) is 25.1 Å². The molecular weight excluding hydrogens is 224 g/mol. The number of methoxy groups -OCH3 is 1. The average Bonchev–Trinajstić information content (AvgIpc) is 2.82. The zero-order chi connectivity index (χ0) is 12.3. The van der Waals surface area contributed by atoms with Gasteiger partial charge < -0.3 is 14.8 Å². The van der Waals surface area contributed by atoms with Crippen molar-refractivity contribution in [1.82, 2.24) is 5.32 Å². The second-order valence-corrected chi connectivity index (χ2v) is 3.82. The van der Waals surface area contributed by atoms with Gasteiger partial charge in [0.05, 0.1) is 18.1 Å². The van der Waals surface area contributed by atoms with Crippen molar-refractivity contribution < 1.29 is 14.4 Å². The van der Waals surface area contributed by atoms with Crippen LogP contribution in [-0.2, 0) is 0 Å². The Labute approximate surface area is 98.7 Å². The monoisotopic (exact) mass is 238 g/mol. The molecular formula is C11H14N2O4. The lowest BCUT2D eigenvalue weighted by Crippen LogP contribution is -2.20. The molecule has 0 bridgehead atoms. The summed E-state index contributed by atoms with van der Waals surface area (Å²) in [6.07, 6.45) is 0.866. The molecule has 2 rings (SSSR count). The van der Waals surface area contributed by atoms with Crippen LogP contribution in [0.3, 0.4) is 0 Å². The van der Waals surface area contributed by atoms with Crippen LogP contribution in [0.2, 0.25) is 0 Å². The van der Waals surface area contributed by atoms with Gasteiger partial charge in [0, 0.05) is 6.54 Å². The predicted molar refractivity (Wildman–Crippen MR) is 61.6 cm³/mol. The van der Waals surface area contributed by atoms with E-state index in [-0.39, 0.29) is 11.8 Å². The number of nitro groups is 1. The third kappa shape index (κ3) is 2.65. The van der Waals surface area contributed by atoms with E-state index in [0.717, 1.165) is 19.5 Å². The zero-order valence-corrected chi connectivity index (χ0v) is 9.51. The number of benzene rings is 1. The van der Waals surface area contributed by atoms with Crippen molar-refractivity contribution in [2.24, 2.45) is 0 Å². The number of hydrogen-bond acceptors (Lipinski definition) is 5. The smallest absolute Gasteiger partial charge is 0.314 e. The summed E-state index contributed by atoms with van der Waals surface area (Å²) in [5, 5.41) is 14.1. The number of nitro benzene ring substituents is 1. The third-order valence-electron chi connectivity index (χ3n) is 2.67. The normalized spacial score (nSPS) is 19.0. The Bertz CT molecular complexity index is 416. The van der Waals surface area contributed by atoms with Crippen molar-refractivity contribution in [2.75, 3.05) is 20.2 Å². The van der Waals surface area contributed by atoms with E-state index in [0.29, 0.717) is 11.5 Å². The maximum Gasteiger partial charge on any atom is 0.314 e. The Kier molecular flexibility index (Phi) is 3.43. The highest BCUT2D eigenvalue weighted by Gasteiger charge is 2.22. The molecule has 0 aliphatic carbocycles. The molecule has 1 heterocycles. The Morgan fingerprint density at radius 1 is 1.53 bits per heavy atom. The first-order valence-corrected chi connectivity index (χ1v) is 5.40. The molecule has 1 aliphatic rings. The summed E-state index contributed by atoms with van der Waals surface area (Å²) >= 11 is 0. The fourth-order valence-electron chi connectivity index (χ4n) is 1.77. The number of rotatable bonds is 4. The van der Waals surface area contributed by atoms with E-state index >= 15 is 0 Å². The van der Waals surface area contributed by atoms with Crippen LogP contribution in [0.15, 0.2) is 18.2 Å². The number of nitrogens with one attached hydrogen (secondary N) is 1. The molecule has 1 fully saturated rings. The fraction of sp³-hybridized carbons (Fsp3) is 0.455. The minimum Gasteiger partial charge on any atom is -0.496 e. The van der Waals surface area contributed by atoms with Crippen molar-refractivity contribution in [2.45, 2.75) is 12.5 Å². The zero-order valence-electron chi connectivity index (χ0n) is 9.51. The summed E-state index contributed by atoms with van der Waals surface area (Å²) in [5.74, 6) is 0.748. The molecule has 0 aromatic heterocycles. The lowest BCUT2D eigenvalue weighted by atomic mass is 10.2. The third-order valence-corrected chi connectivity index (χ3v) is 2.67. The van der Waals surface area contributed by atoms with E-state index in [1.807, 2.05) is 0 Å². The molecule has 0 amide bonds. The van der Waals surface area contributed by atoms with Crippen LogP contribution < -0.4 is 14.8 Å². The van der Waals surface area contributed by atoms with Crippen LogP contribution in [-0.4, -0.2) is 31.2 Å². The van der Waals surface area contributed by atoms with Crippen LogP contribution in [0.4, 0.5) is 5.69 Å². The number of hydrogen-bond donors (Lipinski definition) is 1. The van der Waals surface area contributed by atoms with Crippen LogP contribution in [0.1, 0.15) is 6.42 Å². The van der Waals surface area contributed by atoms with Gasteiger partial charge in [-0.1, -0.05) is 0 Å². The molecule has 1 aromatic carbocycles. The highest BCUT2D eigenvalue weighted by atomic mass is 16.6. The molecule has 1 aromatic rings. The van der Waals surface area contributed by atoms with E-state index < -0.39 is 4.92 Å². The first-order chi connectivity index (χ1) is 8.20. The second-order valence-electron chi connectivity index (χ2n) is 3.82. The molecule has 1 aliphatic heterocycles. The molecule has 0 radical (unpaired) electrons. The largest absolute Gasteiger partial charge is 0.496 e. The summed E-state index contributed by atoms with van der Waals surface area (Å²) in [5.41, 5.74) is -0.0590. The number of ether oxygens (including phenoxy) is 2. The van der Waals surface area contributed by atoms with Crippen molar-refractivity contribution in [1.29, 1.82) is 0 Å². The molecule has 1 N–H and O–H groups in total. The van der Waals surface area contributed by atoms with Gasteiger partial charge in [-0.25, -0.2) is 0 Å². The molecule has 92 valence electrons. The summed E-state index contributed by atoms with van der Waals surface area (Å²) in [7, 11) is 1.47. The average molecular weight is 238 g/mol. The standard InChI is InChI=1S/C11H14N2O4/c1-16-8-2-3-11(10(6-8)13(14)15)17-9-4-5-12-7-9/h2-3,6,9,12H,4-5,7H2,1H3. The minimum atomic E-state index is -0.458. The molecule has 6 nitrogen and oxygen atoms in total. The van der Waals surface area contributed by atoms with Crippen molar-refractivity contribution in [3.63, 3.8) is 0 Å². The van der Waals surface area contributed by atoms with Crippen LogP contribution in [0.25, 0.3) is 0 Å². The quantitative estimate of drug-likeness (QED) is 0.633. The van der Waals surface area contributed by atoms with Gasteiger partial charge in [0.2, 0.25) is 0 Å². The van der Waals surface area contributed by atoms with Crippen LogP contribution in [0, 0.1) is 10.1 Å².